The molecule has 3 aromatic rings. The van der Waals surface area contributed by atoms with Gasteiger partial charge in [-0.2, -0.15) is 0 Å². The molecule has 0 bridgehead atoms. The average molecular weight is 496 g/mol. The molecule has 2 aromatic carbocycles. The number of methoxy groups -OCH3 is 1. The highest BCUT2D eigenvalue weighted by molar-refractivity contribution is 8.00. The second-order valence-corrected chi connectivity index (χ2v) is 10.4. The van der Waals surface area contributed by atoms with Gasteiger partial charge >= 0.3 is 0 Å². The molecule has 8 heteroatoms. The Hall–Kier alpha value is -2.97. The monoisotopic (exact) mass is 495 g/mol. The van der Waals surface area contributed by atoms with Crippen LogP contribution in [0.25, 0.3) is 10.9 Å². The fourth-order valence-corrected chi connectivity index (χ4v) is 4.56. The lowest BCUT2D eigenvalue weighted by atomic mass is 10.0. The Kier molecular flexibility index (Phi) is 8.86. The molecule has 0 aliphatic heterocycles. The van der Waals surface area contributed by atoms with Crippen LogP contribution in [-0.4, -0.2) is 46.8 Å². The Morgan fingerprint density at radius 2 is 1.77 bits per heavy atom. The Labute approximate surface area is 210 Å². The summed E-state index contributed by atoms with van der Waals surface area (Å²) in [4.78, 5) is 43.7. The van der Waals surface area contributed by atoms with Crippen molar-refractivity contribution in [1.29, 1.82) is 0 Å². The summed E-state index contributed by atoms with van der Waals surface area (Å²) in [5.74, 6) is 0.0795. The predicted molar refractivity (Wildman–Crippen MR) is 141 cm³/mol. The van der Waals surface area contributed by atoms with E-state index in [4.69, 9.17) is 9.72 Å². The summed E-state index contributed by atoms with van der Waals surface area (Å²) in [6.07, 6.45) is 0. The molecular formula is C27H33N3O4S. The summed E-state index contributed by atoms with van der Waals surface area (Å²) >= 11 is 1.24. The van der Waals surface area contributed by atoms with Gasteiger partial charge in [0.1, 0.15) is 0 Å². The van der Waals surface area contributed by atoms with E-state index in [1.54, 1.807) is 29.9 Å². The predicted octanol–water partition coefficient (Wildman–Crippen LogP) is 4.41. The van der Waals surface area contributed by atoms with Crippen molar-refractivity contribution in [3.63, 3.8) is 0 Å². The molecule has 0 aliphatic rings. The number of nitrogens with zero attached hydrogens (tertiary/aromatic N) is 2. The highest BCUT2D eigenvalue weighted by atomic mass is 32.2. The molecule has 1 atom stereocenters. The molecule has 1 aromatic heterocycles. The first-order valence-corrected chi connectivity index (χ1v) is 12.6. The van der Waals surface area contributed by atoms with E-state index in [0.717, 1.165) is 11.1 Å². The minimum atomic E-state index is -0.465. The summed E-state index contributed by atoms with van der Waals surface area (Å²) in [5.41, 5.74) is 3.44. The molecule has 0 fully saturated rings. The highest BCUT2D eigenvalue weighted by Crippen LogP contribution is 2.26. The third kappa shape index (κ3) is 6.38. The number of thioether (sulfide) groups is 1. The van der Waals surface area contributed by atoms with Gasteiger partial charge in [0.25, 0.3) is 11.5 Å². The molecule has 186 valence electrons. The molecule has 0 saturated carbocycles. The molecule has 0 unspecified atom stereocenters. The number of carbonyl (C=O) groups excluding carboxylic acids is 2. The molecule has 0 aliphatic carbocycles. The van der Waals surface area contributed by atoms with Gasteiger partial charge in [0.15, 0.2) is 10.9 Å². The van der Waals surface area contributed by atoms with E-state index in [1.807, 2.05) is 52.8 Å². The number of ketones is 1. The number of nitrogens with one attached hydrogen (secondary N) is 1. The molecule has 1 amide bonds. The zero-order chi connectivity index (χ0) is 25.7. The zero-order valence-corrected chi connectivity index (χ0v) is 22.0. The van der Waals surface area contributed by atoms with Crippen molar-refractivity contribution in [3.8, 4) is 0 Å². The fraction of sp³-hybridized carbons (Fsp3) is 0.407. The van der Waals surface area contributed by atoms with E-state index in [1.165, 1.54) is 11.8 Å². The first-order valence-electron chi connectivity index (χ1n) is 11.7. The summed E-state index contributed by atoms with van der Waals surface area (Å²) < 4.78 is 6.73. The SMILES string of the molecule is COCCn1c(S[C@H](C)C(=O)c2ccc(C)c(C)c2)nc2cc(C(=O)NCC(C)C)ccc2c1=O. The van der Waals surface area contributed by atoms with Crippen LogP contribution in [0.15, 0.2) is 46.3 Å². The number of ether oxygens (including phenoxy) is 1. The van der Waals surface area contributed by atoms with Gasteiger partial charge in [-0.1, -0.05) is 37.7 Å². The number of fused-ring (bicyclic) bond motifs is 1. The van der Waals surface area contributed by atoms with Gasteiger partial charge in [-0.3, -0.25) is 19.0 Å². The highest BCUT2D eigenvalue weighted by Gasteiger charge is 2.21. The summed E-state index contributed by atoms with van der Waals surface area (Å²) in [6.45, 7) is 11.0. The largest absolute Gasteiger partial charge is 0.383 e. The van der Waals surface area contributed by atoms with E-state index in [-0.39, 0.29) is 17.2 Å². The molecule has 1 heterocycles. The van der Waals surface area contributed by atoms with Gasteiger partial charge in [-0.05, 0) is 62.1 Å². The van der Waals surface area contributed by atoms with Gasteiger partial charge < -0.3 is 10.1 Å². The molecular weight excluding hydrogens is 462 g/mol. The van der Waals surface area contributed by atoms with Crippen molar-refractivity contribution in [3.05, 3.63) is 69.0 Å². The maximum atomic E-state index is 13.3. The topological polar surface area (TPSA) is 90.3 Å². The van der Waals surface area contributed by atoms with Crippen molar-refractivity contribution >= 4 is 34.4 Å². The molecule has 0 spiro atoms. The minimum Gasteiger partial charge on any atom is -0.383 e. The van der Waals surface area contributed by atoms with Crippen LogP contribution in [-0.2, 0) is 11.3 Å². The van der Waals surface area contributed by atoms with Crippen LogP contribution in [0.1, 0.15) is 52.6 Å². The Morgan fingerprint density at radius 1 is 1.06 bits per heavy atom. The first-order chi connectivity index (χ1) is 16.6. The number of aryl methyl sites for hydroxylation is 2. The maximum absolute atomic E-state index is 13.3. The van der Waals surface area contributed by atoms with Crippen LogP contribution in [0.2, 0.25) is 0 Å². The lowest BCUT2D eigenvalue weighted by molar-refractivity contribution is 0.0948. The molecule has 0 saturated heterocycles. The van der Waals surface area contributed by atoms with E-state index in [2.05, 4.69) is 5.32 Å². The number of aromatic nitrogens is 2. The van der Waals surface area contributed by atoms with Crippen molar-refractivity contribution in [1.82, 2.24) is 14.9 Å². The van der Waals surface area contributed by atoms with Crippen LogP contribution in [0.5, 0.6) is 0 Å². The molecule has 0 radical (unpaired) electrons. The number of carbonyl (C=O) groups is 2. The van der Waals surface area contributed by atoms with Gasteiger partial charge in [0.05, 0.1) is 29.3 Å². The number of rotatable bonds is 10. The average Bonchev–Trinajstić information content (AvgIpc) is 2.83. The fourth-order valence-electron chi connectivity index (χ4n) is 3.55. The van der Waals surface area contributed by atoms with Crippen molar-refractivity contribution < 1.29 is 14.3 Å². The van der Waals surface area contributed by atoms with Crippen LogP contribution >= 0.6 is 11.8 Å². The standard InChI is InChI=1S/C27H33N3O4S/c1-16(2)15-28-25(32)21-9-10-22-23(14-21)29-27(30(26(22)33)11-12-34-6)35-19(5)24(31)20-8-7-17(3)18(4)13-20/h7-10,13-14,16,19H,11-12,15H2,1-6H3,(H,28,32)/t19-/m1/s1. The zero-order valence-electron chi connectivity index (χ0n) is 21.2. The van der Waals surface area contributed by atoms with E-state index in [0.29, 0.717) is 52.8 Å². The number of Topliss-reactive ketones (excluding diaryl/α,β-unsaturated/α-hetero) is 1. The van der Waals surface area contributed by atoms with Crippen LogP contribution in [0.3, 0.4) is 0 Å². The quantitative estimate of drug-likeness (QED) is 0.255. The summed E-state index contributed by atoms with van der Waals surface area (Å²) in [7, 11) is 1.57. The van der Waals surface area contributed by atoms with Crippen LogP contribution < -0.4 is 10.9 Å². The van der Waals surface area contributed by atoms with E-state index in [9.17, 15) is 14.4 Å². The summed E-state index contributed by atoms with van der Waals surface area (Å²) in [6, 6.07) is 10.6. The second kappa shape index (κ2) is 11.6. The van der Waals surface area contributed by atoms with Crippen molar-refractivity contribution in [2.24, 2.45) is 5.92 Å². The van der Waals surface area contributed by atoms with Gasteiger partial charge in [-0.15, -0.1) is 0 Å². The Bertz CT molecular complexity index is 1300. The maximum Gasteiger partial charge on any atom is 0.262 e. The van der Waals surface area contributed by atoms with Gasteiger partial charge in [0.2, 0.25) is 0 Å². The third-order valence-corrected chi connectivity index (χ3v) is 6.91. The lowest BCUT2D eigenvalue weighted by Crippen LogP contribution is -2.28. The number of benzene rings is 2. The molecule has 1 N–H and O–H groups in total. The number of hydrogen-bond donors (Lipinski definition) is 1. The first kappa shape index (κ1) is 26.6. The van der Waals surface area contributed by atoms with Crippen LogP contribution in [0, 0.1) is 19.8 Å². The molecule has 35 heavy (non-hydrogen) atoms. The normalized spacial score (nSPS) is 12.2. The second-order valence-electron chi connectivity index (χ2n) is 9.10. The molecule has 7 nitrogen and oxygen atoms in total. The Morgan fingerprint density at radius 3 is 2.43 bits per heavy atom. The van der Waals surface area contributed by atoms with E-state index < -0.39 is 5.25 Å². The van der Waals surface area contributed by atoms with E-state index >= 15 is 0 Å². The third-order valence-electron chi connectivity index (χ3n) is 5.82. The van der Waals surface area contributed by atoms with Crippen molar-refractivity contribution in [2.75, 3.05) is 20.3 Å². The summed E-state index contributed by atoms with van der Waals surface area (Å²) in [5, 5.41) is 3.26. The smallest absolute Gasteiger partial charge is 0.262 e. The van der Waals surface area contributed by atoms with Crippen molar-refractivity contribution in [2.45, 2.75) is 51.6 Å². The van der Waals surface area contributed by atoms with Crippen LogP contribution in [0.4, 0.5) is 0 Å². The Balaban J connectivity index is 1.98. The molecule has 3 rings (SSSR count). The lowest BCUT2D eigenvalue weighted by Gasteiger charge is -2.16. The number of hydrogen-bond acceptors (Lipinski definition) is 6. The van der Waals surface area contributed by atoms with Gasteiger partial charge in [-0.25, -0.2) is 4.98 Å². The van der Waals surface area contributed by atoms with Gasteiger partial charge in [0, 0.05) is 24.8 Å². The minimum absolute atomic E-state index is 0.0347. The number of amides is 1.